The molecule has 0 saturated carbocycles. The second-order valence-corrected chi connectivity index (χ2v) is 4.49. The van der Waals surface area contributed by atoms with Gasteiger partial charge in [0.2, 0.25) is 0 Å². The van der Waals surface area contributed by atoms with E-state index in [0.29, 0.717) is 13.1 Å². The number of carboxylic acid groups (broad SMARTS) is 1. The van der Waals surface area contributed by atoms with Crippen LogP contribution in [0.5, 0.6) is 0 Å². The number of carboxylic acids is 1. The molecule has 0 saturated heterocycles. The molecular weight excluding hydrogens is 232 g/mol. The van der Waals surface area contributed by atoms with Gasteiger partial charge in [0, 0.05) is 26.1 Å². The zero-order chi connectivity index (χ0) is 14.0. The van der Waals surface area contributed by atoms with Crippen LogP contribution >= 0.6 is 0 Å². The second-order valence-electron chi connectivity index (χ2n) is 4.49. The fourth-order valence-electron chi connectivity index (χ4n) is 1.70. The van der Waals surface area contributed by atoms with E-state index < -0.39 is 5.97 Å². The van der Waals surface area contributed by atoms with E-state index in [9.17, 15) is 9.59 Å². The number of aliphatic carboxylic acids is 1. The summed E-state index contributed by atoms with van der Waals surface area (Å²) in [6.45, 7) is 7.85. The van der Waals surface area contributed by atoms with E-state index in [4.69, 9.17) is 5.11 Å². The van der Waals surface area contributed by atoms with Crippen molar-refractivity contribution in [2.24, 2.45) is 5.92 Å². The Morgan fingerprint density at radius 1 is 1.28 bits per heavy atom. The Kier molecular flexibility index (Phi) is 9.06. The molecule has 0 heterocycles. The Hall–Kier alpha value is -1.26. The summed E-state index contributed by atoms with van der Waals surface area (Å²) in [7, 11) is 0. The molecule has 0 aliphatic carbocycles. The molecule has 0 bridgehead atoms. The monoisotopic (exact) mass is 258 g/mol. The summed E-state index contributed by atoms with van der Waals surface area (Å²) in [5.74, 6) is -0.800. The van der Waals surface area contributed by atoms with Gasteiger partial charge in [-0.2, -0.15) is 0 Å². The minimum Gasteiger partial charge on any atom is -0.481 e. The molecular formula is C13H26N2O3. The van der Waals surface area contributed by atoms with Crippen LogP contribution in [0.1, 0.15) is 46.5 Å². The van der Waals surface area contributed by atoms with Gasteiger partial charge in [0.05, 0.1) is 0 Å². The van der Waals surface area contributed by atoms with Crippen LogP contribution in [0.2, 0.25) is 0 Å². The number of nitrogens with one attached hydrogen (secondary N) is 1. The Bertz CT molecular complexity index is 257. The smallest absolute Gasteiger partial charge is 0.317 e. The lowest BCUT2D eigenvalue weighted by atomic mass is 10.0. The van der Waals surface area contributed by atoms with E-state index in [2.05, 4.69) is 12.2 Å². The highest BCUT2D eigenvalue weighted by molar-refractivity contribution is 5.74. The van der Waals surface area contributed by atoms with Crippen molar-refractivity contribution in [3.05, 3.63) is 0 Å². The molecule has 1 unspecified atom stereocenters. The molecule has 5 nitrogen and oxygen atoms in total. The molecule has 2 amide bonds. The topological polar surface area (TPSA) is 69.6 Å². The number of carbonyl (C=O) groups excluding carboxylic acids is 1. The summed E-state index contributed by atoms with van der Waals surface area (Å²) in [6, 6.07) is -0.0882. The van der Waals surface area contributed by atoms with Gasteiger partial charge in [0.15, 0.2) is 0 Å². The quantitative estimate of drug-likeness (QED) is 0.667. The van der Waals surface area contributed by atoms with Crippen molar-refractivity contribution in [3.8, 4) is 0 Å². The van der Waals surface area contributed by atoms with Crippen LogP contribution in [0.3, 0.4) is 0 Å². The highest BCUT2D eigenvalue weighted by atomic mass is 16.4. The predicted molar refractivity (Wildman–Crippen MR) is 71.6 cm³/mol. The average molecular weight is 258 g/mol. The Morgan fingerprint density at radius 2 is 1.94 bits per heavy atom. The number of hydrogen-bond acceptors (Lipinski definition) is 2. The third kappa shape index (κ3) is 7.14. The summed E-state index contributed by atoms with van der Waals surface area (Å²) in [5, 5.41) is 11.6. The third-order valence-electron chi connectivity index (χ3n) is 3.03. The van der Waals surface area contributed by atoms with Crippen molar-refractivity contribution < 1.29 is 14.7 Å². The number of carbonyl (C=O) groups is 2. The molecule has 0 radical (unpaired) electrons. The number of urea groups is 1. The number of unbranched alkanes of at least 4 members (excludes halogenated alkanes) is 1. The molecule has 0 fully saturated rings. The van der Waals surface area contributed by atoms with E-state index in [1.807, 2.05) is 13.8 Å². The first kappa shape index (κ1) is 16.7. The maximum absolute atomic E-state index is 11.9. The zero-order valence-electron chi connectivity index (χ0n) is 11.7. The SMILES string of the molecule is CCCCN(CC)C(=O)NCC(CC)CC(=O)O. The molecule has 0 spiro atoms. The van der Waals surface area contributed by atoms with Crippen molar-refractivity contribution in [2.75, 3.05) is 19.6 Å². The van der Waals surface area contributed by atoms with Crippen LogP contribution in [0.25, 0.3) is 0 Å². The average Bonchev–Trinajstić information content (AvgIpc) is 2.34. The van der Waals surface area contributed by atoms with E-state index in [1.165, 1.54) is 0 Å². The lowest BCUT2D eigenvalue weighted by Gasteiger charge is -2.22. The van der Waals surface area contributed by atoms with Crippen molar-refractivity contribution in [3.63, 3.8) is 0 Å². The van der Waals surface area contributed by atoms with E-state index in [1.54, 1.807) is 4.90 Å². The van der Waals surface area contributed by atoms with Gasteiger partial charge in [-0.05, 0) is 19.3 Å². The van der Waals surface area contributed by atoms with Crippen LogP contribution in [-0.4, -0.2) is 41.6 Å². The molecule has 0 aliphatic heterocycles. The summed E-state index contributed by atoms with van der Waals surface area (Å²) in [6.07, 6.45) is 2.92. The lowest BCUT2D eigenvalue weighted by Crippen LogP contribution is -2.42. The largest absolute Gasteiger partial charge is 0.481 e. The molecule has 0 rings (SSSR count). The van der Waals surface area contributed by atoms with Crippen LogP contribution in [0.15, 0.2) is 0 Å². The van der Waals surface area contributed by atoms with Gasteiger partial charge in [-0.25, -0.2) is 4.79 Å². The van der Waals surface area contributed by atoms with Gasteiger partial charge in [0.25, 0.3) is 0 Å². The third-order valence-corrected chi connectivity index (χ3v) is 3.03. The fraction of sp³-hybridized carbons (Fsp3) is 0.846. The van der Waals surface area contributed by atoms with Gasteiger partial charge in [0.1, 0.15) is 0 Å². The first-order valence-electron chi connectivity index (χ1n) is 6.79. The molecule has 2 N–H and O–H groups in total. The van der Waals surface area contributed by atoms with Gasteiger partial charge < -0.3 is 15.3 Å². The van der Waals surface area contributed by atoms with Gasteiger partial charge in [-0.3, -0.25) is 4.79 Å². The fourth-order valence-corrected chi connectivity index (χ4v) is 1.70. The lowest BCUT2D eigenvalue weighted by molar-refractivity contribution is -0.138. The summed E-state index contributed by atoms with van der Waals surface area (Å²) in [4.78, 5) is 24.2. The summed E-state index contributed by atoms with van der Waals surface area (Å²) < 4.78 is 0. The number of nitrogens with zero attached hydrogens (tertiary/aromatic N) is 1. The van der Waals surface area contributed by atoms with E-state index in [0.717, 1.165) is 25.8 Å². The van der Waals surface area contributed by atoms with Crippen LogP contribution in [-0.2, 0) is 4.79 Å². The minimum atomic E-state index is -0.811. The summed E-state index contributed by atoms with van der Waals surface area (Å²) in [5.41, 5.74) is 0. The molecule has 18 heavy (non-hydrogen) atoms. The van der Waals surface area contributed by atoms with Gasteiger partial charge >= 0.3 is 12.0 Å². The summed E-state index contributed by atoms with van der Waals surface area (Å²) >= 11 is 0. The maximum Gasteiger partial charge on any atom is 0.317 e. The van der Waals surface area contributed by atoms with E-state index >= 15 is 0 Å². The number of amides is 2. The number of hydrogen-bond donors (Lipinski definition) is 2. The molecule has 0 aliphatic rings. The Balaban J connectivity index is 4.07. The van der Waals surface area contributed by atoms with Crippen LogP contribution < -0.4 is 5.32 Å². The second kappa shape index (κ2) is 9.74. The van der Waals surface area contributed by atoms with Gasteiger partial charge in [-0.1, -0.05) is 26.7 Å². The minimum absolute atomic E-state index is 0.0105. The van der Waals surface area contributed by atoms with Crippen molar-refractivity contribution in [1.29, 1.82) is 0 Å². The van der Waals surface area contributed by atoms with Crippen LogP contribution in [0.4, 0.5) is 4.79 Å². The van der Waals surface area contributed by atoms with Crippen molar-refractivity contribution in [1.82, 2.24) is 10.2 Å². The molecule has 0 aromatic rings. The highest BCUT2D eigenvalue weighted by Gasteiger charge is 2.15. The zero-order valence-corrected chi connectivity index (χ0v) is 11.7. The maximum atomic E-state index is 11.9. The Morgan fingerprint density at radius 3 is 2.39 bits per heavy atom. The normalized spacial score (nSPS) is 11.9. The van der Waals surface area contributed by atoms with Crippen molar-refractivity contribution in [2.45, 2.75) is 46.5 Å². The highest BCUT2D eigenvalue weighted by Crippen LogP contribution is 2.07. The first-order valence-corrected chi connectivity index (χ1v) is 6.79. The van der Waals surface area contributed by atoms with Crippen molar-refractivity contribution >= 4 is 12.0 Å². The Labute approximate surface area is 110 Å². The molecule has 106 valence electrons. The first-order chi connectivity index (χ1) is 8.54. The van der Waals surface area contributed by atoms with Crippen LogP contribution in [0, 0.1) is 5.92 Å². The molecule has 0 aromatic carbocycles. The van der Waals surface area contributed by atoms with Gasteiger partial charge in [-0.15, -0.1) is 0 Å². The molecule has 1 atom stereocenters. The molecule has 0 aromatic heterocycles. The molecule has 5 heteroatoms. The van der Waals surface area contributed by atoms with E-state index in [-0.39, 0.29) is 18.4 Å². The predicted octanol–water partition coefficient (Wildman–Crippen LogP) is 2.32. The number of rotatable bonds is 9. The standard InChI is InChI=1S/C13H26N2O3/c1-4-7-8-15(6-3)13(18)14-10-11(5-2)9-12(16)17/h11H,4-10H2,1-3H3,(H,14,18)(H,16,17).